The molecule has 1 heterocycles. The normalized spacial score (nSPS) is 10.5. The molecule has 0 radical (unpaired) electrons. The molecule has 2 aromatic rings. The Kier molecular flexibility index (Phi) is 4.25. The van der Waals surface area contributed by atoms with E-state index >= 15 is 0 Å². The third-order valence-electron chi connectivity index (χ3n) is 2.30. The van der Waals surface area contributed by atoms with E-state index in [1.54, 1.807) is 0 Å². The molecule has 17 heavy (non-hydrogen) atoms. The summed E-state index contributed by atoms with van der Waals surface area (Å²) in [7, 11) is 0. The summed E-state index contributed by atoms with van der Waals surface area (Å²) < 4.78 is 7.05. The molecule has 0 aliphatic heterocycles. The molecule has 0 aliphatic rings. The van der Waals surface area contributed by atoms with Gasteiger partial charge < -0.3 is 14.8 Å². The first-order valence-electron chi connectivity index (χ1n) is 5.06. The van der Waals surface area contributed by atoms with Gasteiger partial charge in [0, 0.05) is 5.69 Å². The summed E-state index contributed by atoms with van der Waals surface area (Å²) in [6.45, 7) is 0.682. The molecule has 3 nitrogen and oxygen atoms in total. The van der Waals surface area contributed by atoms with Gasteiger partial charge in [0.25, 0.3) is 0 Å². The van der Waals surface area contributed by atoms with Crippen LogP contribution in [0.5, 0.6) is 0 Å². The molecule has 0 unspecified atom stereocenters. The Labute approximate surface area is 116 Å². The van der Waals surface area contributed by atoms with Crippen molar-refractivity contribution in [2.24, 2.45) is 0 Å². The van der Waals surface area contributed by atoms with E-state index in [-0.39, 0.29) is 6.61 Å². The molecule has 90 valence electrons. The standard InChI is InChI=1S/C12H11Br2NO2/c13-11-5-10(17-12(11)14)6-15-9-3-1-8(7-16)2-4-9/h1-5,15-16H,6-7H2. The van der Waals surface area contributed by atoms with Gasteiger partial charge in [0.15, 0.2) is 4.67 Å². The van der Waals surface area contributed by atoms with Gasteiger partial charge in [-0.2, -0.15) is 0 Å². The number of anilines is 1. The van der Waals surface area contributed by atoms with Crippen LogP contribution in [0.1, 0.15) is 11.3 Å². The third kappa shape index (κ3) is 3.34. The van der Waals surface area contributed by atoms with Gasteiger partial charge in [-0.15, -0.1) is 0 Å². The summed E-state index contributed by atoms with van der Waals surface area (Å²) in [5.74, 6) is 0.843. The molecule has 5 heteroatoms. The van der Waals surface area contributed by atoms with Crippen LogP contribution in [0.25, 0.3) is 0 Å². The van der Waals surface area contributed by atoms with E-state index in [4.69, 9.17) is 9.52 Å². The largest absolute Gasteiger partial charge is 0.451 e. The van der Waals surface area contributed by atoms with E-state index in [0.29, 0.717) is 11.2 Å². The third-order valence-corrected chi connectivity index (χ3v) is 4.01. The lowest BCUT2D eigenvalue weighted by atomic mass is 10.2. The van der Waals surface area contributed by atoms with Gasteiger partial charge in [-0.25, -0.2) is 0 Å². The number of rotatable bonds is 4. The monoisotopic (exact) mass is 359 g/mol. The summed E-state index contributed by atoms with van der Waals surface area (Å²) in [5.41, 5.74) is 1.89. The summed E-state index contributed by atoms with van der Waals surface area (Å²) in [6.07, 6.45) is 0. The number of aliphatic hydroxyl groups is 1. The molecule has 0 aliphatic carbocycles. The Morgan fingerprint density at radius 2 is 1.88 bits per heavy atom. The SMILES string of the molecule is OCc1ccc(NCc2cc(Br)c(Br)o2)cc1. The highest BCUT2D eigenvalue weighted by molar-refractivity contribution is 9.13. The average molecular weight is 361 g/mol. The van der Waals surface area contributed by atoms with Crippen molar-refractivity contribution in [2.45, 2.75) is 13.2 Å². The highest BCUT2D eigenvalue weighted by atomic mass is 79.9. The molecule has 1 aromatic heterocycles. The zero-order valence-corrected chi connectivity index (χ0v) is 12.1. The fourth-order valence-electron chi connectivity index (χ4n) is 1.40. The molecule has 0 fully saturated rings. The van der Waals surface area contributed by atoms with Crippen molar-refractivity contribution in [1.29, 1.82) is 0 Å². The number of halogens is 2. The number of furan rings is 1. The first-order chi connectivity index (χ1) is 8.19. The molecule has 0 spiro atoms. The van der Waals surface area contributed by atoms with E-state index in [1.807, 2.05) is 30.3 Å². The number of aliphatic hydroxyl groups excluding tert-OH is 1. The molecule has 0 saturated carbocycles. The smallest absolute Gasteiger partial charge is 0.183 e. The Hall–Kier alpha value is -0.780. The van der Waals surface area contributed by atoms with Crippen LogP contribution in [-0.2, 0) is 13.2 Å². The van der Waals surface area contributed by atoms with E-state index in [2.05, 4.69) is 37.2 Å². The second-order valence-corrected chi connectivity index (χ2v) is 5.12. The number of hydrogen-bond acceptors (Lipinski definition) is 3. The molecule has 2 N–H and O–H groups in total. The molecule has 0 atom stereocenters. The van der Waals surface area contributed by atoms with E-state index < -0.39 is 0 Å². The maximum absolute atomic E-state index is 8.92. The zero-order valence-electron chi connectivity index (χ0n) is 8.91. The Morgan fingerprint density at radius 3 is 2.41 bits per heavy atom. The predicted molar refractivity (Wildman–Crippen MR) is 73.8 cm³/mol. The minimum atomic E-state index is 0.0678. The summed E-state index contributed by atoms with van der Waals surface area (Å²) in [6, 6.07) is 9.54. The van der Waals surface area contributed by atoms with E-state index in [1.165, 1.54) is 0 Å². The Morgan fingerprint density at radius 1 is 1.18 bits per heavy atom. The summed E-state index contributed by atoms with van der Waals surface area (Å²) in [5, 5.41) is 12.2. The van der Waals surface area contributed by atoms with Crippen molar-refractivity contribution in [2.75, 3.05) is 5.32 Å². The van der Waals surface area contributed by atoms with Gasteiger partial charge in [0.1, 0.15) is 5.76 Å². The second kappa shape index (κ2) is 5.71. The molecule has 2 rings (SSSR count). The number of benzene rings is 1. The fourth-order valence-corrected chi connectivity index (χ4v) is 2.05. The van der Waals surface area contributed by atoms with Crippen LogP contribution < -0.4 is 5.32 Å². The predicted octanol–water partition coefficient (Wildman–Crippen LogP) is 3.91. The number of nitrogens with one attached hydrogen (secondary N) is 1. The molecule has 1 aromatic carbocycles. The van der Waals surface area contributed by atoms with Gasteiger partial charge in [-0.05, 0) is 55.6 Å². The van der Waals surface area contributed by atoms with Crippen LogP contribution in [0.2, 0.25) is 0 Å². The number of hydrogen-bond donors (Lipinski definition) is 2. The Balaban J connectivity index is 1.97. The molecule has 0 amide bonds. The molecule has 0 bridgehead atoms. The first-order valence-corrected chi connectivity index (χ1v) is 6.65. The van der Waals surface area contributed by atoms with Crippen molar-refractivity contribution in [1.82, 2.24) is 0 Å². The van der Waals surface area contributed by atoms with Crippen LogP contribution in [-0.4, -0.2) is 5.11 Å². The lowest BCUT2D eigenvalue weighted by Crippen LogP contribution is -1.98. The van der Waals surface area contributed by atoms with Gasteiger partial charge in [-0.1, -0.05) is 12.1 Å². The zero-order chi connectivity index (χ0) is 12.3. The van der Waals surface area contributed by atoms with E-state index in [9.17, 15) is 0 Å². The van der Waals surface area contributed by atoms with Crippen LogP contribution >= 0.6 is 31.9 Å². The van der Waals surface area contributed by atoms with Crippen molar-refractivity contribution < 1.29 is 9.52 Å². The van der Waals surface area contributed by atoms with Crippen LogP contribution in [0, 0.1) is 0 Å². The van der Waals surface area contributed by atoms with Gasteiger partial charge in [0.2, 0.25) is 0 Å². The Bertz CT molecular complexity index is 474. The van der Waals surface area contributed by atoms with Gasteiger partial charge >= 0.3 is 0 Å². The average Bonchev–Trinajstić information content (AvgIpc) is 2.67. The highest BCUT2D eigenvalue weighted by Crippen LogP contribution is 2.27. The van der Waals surface area contributed by atoms with Crippen molar-refractivity contribution in [3.8, 4) is 0 Å². The molecule has 0 saturated heterocycles. The summed E-state index contributed by atoms with van der Waals surface area (Å²) in [4.78, 5) is 0. The van der Waals surface area contributed by atoms with Crippen LogP contribution in [0.4, 0.5) is 5.69 Å². The lowest BCUT2D eigenvalue weighted by Gasteiger charge is -2.04. The van der Waals surface area contributed by atoms with Crippen molar-refractivity contribution >= 4 is 37.5 Å². The highest BCUT2D eigenvalue weighted by Gasteiger charge is 2.05. The van der Waals surface area contributed by atoms with Crippen molar-refractivity contribution in [3.05, 3.63) is 50.8 Å². The van der Waals surface area contributed by atoms with Crippen LogP contribution in [0.15, 0.2) is 43.9 Å². The summed E-state index contributed by atoms with van der Waals surface area (Å²) >= 11 is 6.66. The molecular weight excluding hydrogens is 350 g/mol. The first kappa shape index (κ1) is 12.7. The minimum Gasteiger partial charge on any atom is -0.451 e. The minimum absolute atomic E-state index is 0.0678. The topological polar surface area (TPSA) is 45.4 Å². The van der Waals surface area contributed by atoms with E-state index in [0.717, 1.165) is 21.5 Å². The quantitative estimate of drug-likeness (QED) is 0.868. The maximum Gasteiger partial charge on any atom is 0.183 e. The second-order valence-electron chi connectivity index (χ2n) is 3.54. The fraction of sp³-hybridized carbons (Fsp3) is 0.167. The van der Waals surface area contributed by atoms with Gasteiger partial charge in [-0.3, -0.25) is 0 Å². The lowest BCUT2D eigenvalue weighted by molar-refractivity contribution is 0.282. The van der Waals surface area contributed by atoms with Crippen LogP contribution in [0.3, 0.4) is 0 Å². The maximum atomic E-state index is 8.92. The van der Waals surface area contributed by atoms with Gasteiger partial charge in [0.05, 0.1) is 17.6 Å². The van der Waals surface area contributed by atoms with Crippen molar-refractivity contribution in [3.63, 3.8) is 0 Å². The molecular formula is C12H11Br2NO2.